The van der Waals surface area contributed by atoms with Crippen LogP contribution in [0.1, 0.15) is 42.8 Å². The third-order valence-corrected chi connectivity index (χ3v) is 6.40. The Morgan fingerprint density at radius 2 is 1.94 bits per heavy atom. The zero-order chi connectivity index (χ0) is 25.3. The summed E-state index contributed by atoms with van der Waals surface area (Å²) in [4.78, 5) is 18.5. The van der Waals surface area contributed by atoms with Crippen LogP contribution in [0, 0.1) is 0 Å². The number of hydrogen-bond donors (Lipinski definition) is 1. The van der Waals surface area contributed by atoms with Crippen molar-refractivity contribution in [3.8, 4) is 5.75 Å². The van der Waals surface area contributed by atoms with Crippen LogP contribution in [0.15, 0.2) is 59.4 Å². The van der Waals surface area contributed by atoms with E-state index in [2.05, 4.69) is 56.6 Å². The highest BCUT2D eigenvalue weighted by Crippen LogP contribution is 2.27. The fourth-order valence-electron chi connectivity index (χ4n) is 4.49. The van der Waals surface area contributed by atoms with E-state index in [9.17, 15) is 4.79 Å². The van der Waals surface area contributed by atoms with Crippen LogP contribution in [0.3, 0.4) is 0 Å². The van der Waals surface area contributed by atoms with Crippen LogP contribution >= 0.6 is 0 Å². The first-order chi connectivity index (χ1) is 17.6. The highest BCUT2D eigenvalue weighted by Gasteiger charge is 2.26. The summed E-state index contributed by atoms with van der Waals surface area (Å²) >= 11 is 0. The van der Waals surface area contributed by atoms with Crippen molar-refractivity contribution in [2.75, 3.05) is 27.4 Å². The molecule has 9 heteroatoms. The molecule has 4 rings (SSSR count). The minimum absolute atomic E-state index is 0.0449. The number of methoxy groups -OCH3 is 2. The molecule has 0 fully saturated rings. The Morgan fingerprint density at radius 1 is 1.11 bits per heavy atom. The van der Waals surface area contributed by atoms with E-state index >= 15 is 0 Å². The molecule has 0 amide bonds. The molecule has 0 radical (unpaired) electrons. The first kappa shape index (κ1) is 25.5. The van der Waals surface area contributed by atoms with Gasteiger partial charge in [-0.25, -0.2) is 4.68 Å². The van der Waals surface area contributed by atoms with Crippen molar-refractivity contribution >= 4 is 10.9 Å². The van der Waals surface area contributed by atoms with Crippen LogP contribution in [0.2, 0.25) is 0 Å². The van der Waals surface area contributed by atoms with Gasteiger partial charge in [0.2, 0.25) is 0 Å². The maximum atomic E-state index is 13.1. The third kappa shape index (κ3) is 6.16. The summed E-state index contributed by atoms with van der Waals surface area (Å²) in [5.74, 6) is 1.50. The summed E-state index contributed by atoms with van der Waals surface area (Å²) in [6.45, 7) is 4.48. The van der Waals surface area contributed by atoms with Gasteiger partial charge in [0.05, 0.1) is 31.8 Å². The average molecular weight is 491 g/mol. The first-order valence-electron chi connectivity index (χ1n) is 12.4. The van der Waals surface area contributed by atoms with Crippen LogP contribution in [-0.2, 0) is 24.2 Å². The van der Waals surface area contributed by atoms with E-state index < -0.39 is 0 Å². The summed E-state index contributed by atoms with van der Waals surface area (Å²) in [5, 5.41) is 13.5. The second-order valence-corrected chi connectivity index (χ2v) is 8.84. The van der Waals surface area contributed by atoms with Gasteiger partial charge in [0.1, 0.15) is 5.75 Å². The molecule has 2 aromatic heterocycles. The molecule has 0 aliphatic rings. The van der Waals surface area contributed by atoms with Gasteiger partial charge in [0.25, 0.3) is 5.56 Å². The smallest absolute Gasteiger partial charge is 0.252 e. The van der Waals surface area contributed by atoms with Gasteiger partial charge in [-0.15, -0.1) is 5.10 Å². The number of tetrazole rings is 1. The number of nitrogens with zero attached hydrogens (tertiary/aromatic N) is 5. The second kappa shape index (κ2) is 12.4. The number of ether oxygens (including phenoxy) is 2. The lowest BCUT2D eigenvalue weighted by Crippen LogP contribution is -2.34. The number of benzene rings is 2. The minimum Gasteiger partial charge on any atom is -0.497 e. The Kier molecular flexibility index (Phi) is 8.80. The molecule has 0 saturated heterocycles. The van der Waals surface area contributed by atoms with Crippen LogP contribution in [-0.4, -0.2) is 57.5 Å². The lowest BCUT2D eigenvalue weighted by molar-refractivity contribution is 0.154. The molecule has 0 aliphatic carbocycles. The maximum absolute atomic E-state index is 13.1. The molecule has 190 valence electrons. The number of aromatic amines is 1. The number of H-pyrrole nitrogens is 1. The molecular formula is C27H34N6O3. The van der Waals surface area contributed by atoms with Crippen molar-refractivity contribution in [2.24, 2.45) is 0 Å². The maximum Gasteiger partial charge on any atom is 0.252 e. The largest absolute Gasteiger partial charge is 0.497 e. The van der Waals surface area contributed by atoms with Gasteiger partial charge >= 0.3 is 0 Å². The van der Waals surface area contributed by atoms with Gasteiger partial charge < -0.3 is 14.5 Å². The average Bonchev–Trinajstić information content (AvgIpc) is 3.37. The summed E-state index contributed by atoms with van der Waals surface area (Å²) < 4.78 is 12.4. The molecular weight excluding hydrogens is 456 g/mol. The number of hydrogen-bond acceptors (Lipinski definition) is 7. The predicted octanol–water partition coefficient (Wildman–Crippen LogP) is 3.76. The Labute approximate surface area is 211 Å². The van der Waals surface area contributed by atoms with Gasteiger partial charge in [-0.05, 0) is 52.4 Å². The van der Waals surface area contributed by atoms with E-state index in [0.29, 0.717) is 31.0 Å². The Morgan fingerprint density at radius 3 is 2.69 bits per heavy atom. The lowest BCUT2D eigenvalue weighted by Gasteiger charge is -2.31. The molecule has 0 bridgehead atoms. The highest BCUT2D eigenvalue weighted by atomic mass is 16.5. The van der Waals surface area contributed by atoms with Crippen LogP contribution in [0.25, 0.3) is 10.9 Å². The van der Waals surface area contributed by atoms with Crippen LogP contribution < -0.4 is 10.3 Å². The van der Waals surface area contributed by atoms with Crippen molar-refractivity contribution in [1.82, 2.24) is 30.1 Å². The summed E-state index contributed by atoms with van der Waals surface area (Å²) in [5.41, 5.74) is 2.61. The van der Waals surface area contributed by atoms with Crippen molar-refractivity contribution in [2.45, 2.75) is 45.3 Å². The van der Waals surface area contributed by atoms with Gasteiger partial charge in [-0.1, -0.05) is 43.7 Å². The Bertz CT molecular complexity index is 1300. The Hall–Kier alpha value is -3.56. The van der Waals surface area contributed by atoms with Crippen LogP contribution in [0.4, 0.5) is 0 Å². The number of aromatic nitrogens is 5. The molecule has 2 heterocycles. The van der Waals surface area contributed by atoms with Crippen molar-refractivity contribution in [1.29, 1.82) is 0 Å². The highest BCUT2D eigenvalue weighted by molar-refractivity contribution is 5.80. The molecule has 0 saturated carbocycles. The molecule has 9 nitrogen and oxygen atoms in total. The first-order valence-corrected chi connectivity index (χ1v) is 12.4. The molecule has 36 heavy (non-hydrogen) atoms. The molecule has 1 N–H and O–H groups in total. The third-order valence-electron chi connectivity index (χ3n) is 6.40. The van der Waals surface area contributed by atoms with E-state index in [-0.39, 0.29) is 11.6 Å². The number of fused-ring (bicyclic) bond motifs is 1. The SMILES string of the molecule is CCCC(c1nnnn1CCOC)N(CCc1ccccc1)Cc1cc2ccc(OC)cc2[nH]c1=O. The fraction of sp³-hybridized carbons (Fsp3) is 0.407. The Balaban J connectivity index is 1.68. The zero-order valence-electron chi connectivity index (χ0n) is 21.2. The number of nitrogens with one attached hydrogen (secondary N) is 1. The lowest BCUT2D eigenvalue weighted by atomic mass is 10.1. The van der Waals surface area contributed by atoms with Gasteiger partial charge in [0.15, 0.2) is 5.82 Å². The zero-order valence-corrected chi connectivity index (χ0v) is 21.2. The topological polar surface area (TPSA) is 98.2 Å². The predicted molar refractivity (Wildman–Crippen MR) is 139 cm³/mol. The van der Waals surface area contributed by atoms with Gasteiger partial charge in [0, 0.05) is 31.8 Å². The molecule has 4 aromatic rings. The summed E-state index contributed by atoms with van der Waals surface area (Å²) in [6.07, 6.45) is 2.67. The molecule has 1 atom stereocenters. The molecule has 1 unspecified atom stereocenters. The van der Waals surface area contributed by atoms with Crippen LogP contribution in [0.5, 0.6) is 5.75 Å². The van der Waals surface area contributed by atoms with Crippen molar-refractivity contribution in [3.05, 3.63) is 81.9 Å². The number of pyridine rings is 1. The normalized spacial score (nSPS) is 12.3. The van der Waals surface area contributed by atoms with Crippen molar-refractivity contribution in [3.63, 3.8) is 0 Å². The standard InChI is InChI=1S/C27H34N6O3/c1-4-8-25(26-29-30-31-33(26)15-16-35-2)32(14-13-20-9-6-5-7-10-20)19-22-17-21-11-12-23(36-3)18-24(21)28-27(22)34/h5-7,9-12,17-18,25H,4,8,13-16,19H2,1-3H3,(H,28,34). The van der Waals surface area contributed by atoms with E-state index in [4.69, 9.17) is 9.47 Å². The summed E-state index contributed by atoms with van der Waals surface area (Å²) in [7, 11) is 3.29. The molecule has 2 aromatic carbocycles. The summed E-state index contributed by atoms with van der Waals surface area (Å²) in [6, 6.07) is 18.0. The van der Waals surface area contributed by atoms with Crippen molar-refractivity contribution < 1.29 is 9.47 Å². The fourth-order valence-corrected chi connectivity index (χ4v) is 4.49. The van der Waals surface area contributed by atoms with Gasteiger partial charge in [-0.2, -0.15) is 0 Å². The number of rotatable bonds is 13. The van der Waals surface area contributed by atoms with E-state index in [1.54, 1.807) is 14.2 Å². The minimum atomic E-state index is -0.102. The van der Waals surface area contributed by atoms with E-state index in [0.717, 1.165) is 42.5 Å². The van der Waals surface area contributed by atoms with E-state index in [1.165, 1.54) is 5.56 Å². The van der Waals surface area contributed by atoms with Gasteiger partial charge in [-0.3, -0.25) is 9.69 Å². The molecule has 0 aliphatic heterocycles. The molecule has 0 spiro atoms. The monoisotopic (exact) mass is 490 g/mol. The quantitative estimate of drug-likeness (QED) is 0.305. The van der Waals surface area contributed by atoms with E-state index in [1.807, 2.05) is 35.0 Å². The second-order valence-electron chi connectivity index (χ2n) is 8.84.